The van der Waals surface area contributed by atoms with E-state index < -0.39 is 0 Å². The molecule has 1 heterocycles. The molecule has 0 aromatic heterocycles. The van der Waals surface area contributed by atoms with Gasteiger partial charge in [-0.3, -0.25) is 0 Å². The Balaban J connectivity index is 2.29. The Morgan fingerprint density at radius 1 is 1.41 bits per heavy atom. The average Bonchev–Trinajstić information content (AvgIpc) is 2.81. The van der Waals surface area contributed by atoms with Crippen LogP contribution in [0.5, 0.6) is 5.75 Å². The Kier molecular flexibility index (Phi) is 5.36. The number of ether oxygens (including phenoxy) is 1. The van der Waals surface area contributed by atoms with Gasteiger partial charge in [-0.15, -0.1) is 0 Å². The molecule has 0 radical (unpaired) electrons. The van der Waals surface area contributed by atoms with Crippen LogP contribution in [0.3, 0.4) is 0 Å². The van der Waals surface area contributed by atoms with E-state index in [1.807, 2.05) is 25.1 Å². The highest BCUT2D eigenvalue weighted by Gasteiger charge is 2.39. The minimum absolute atomic E-state index is 0.0584. The van der Waals surface area contributed by atoms with Gasteiger partial charge in [-0.05, 0) is 37.0 Å². The zero-order valence-electron chi connectivity index (χ0n) is 13.8. The second kappa shape index (κ2) is 6.89. The highest BCUT2D eigenvalue weighted by molar-refractivity contribution is 6.30. The molecule has 1 aromatic rings. The molecule has 3 atom stereocenters. The lowest BCUT2D eigenvalue weighted by Gasteiger charge is -2.26. The molecule has 0 saturated carbocycles. The fourth-order valence-corrected chi connectivity index (χ4v) is 3.43. The van der Waals surface area contributed by atoms with E-state index in [4.69, 9.17) is 16.3 Å². The zero-order valence-corrected chi connectivity index (χ0v) is 14.6. The Bertz CT molecular complexity index is 559. The fraction of sp³-hybridized carbons (Fsp3) is 0.611. The quantitative estimate of drug-likeness (QED) is 0.896. The largest absolute Gasteiger partial charge is 0.494 e. The van der Waals surface area contributed by atoms with Crippen molar-refractivity contribution in [1.82, 2.24) is 5.32 Å². The van der Waals surface area contributed by atoms with Crippen LogP contribution in [-0.2, 0) is 0 Å². The third kappa shape index (κ3) is 3.94. The molecule has 0 spiro atoms. The molecule has 22 heavy (non-hydrogen) atoms. The number of benzene rings is 1. The van der Waals surface area contributed by atoms with Crippen LogP contribution >= 0.6 is 11.6 Å². The maximum atomic E-state index is 9.69. The van der Waals surface area contributed by atoms with Crippen molar-refractivity contribution >= 4 is 11.6 Å². The minimum atomic E-state index is -0.0584. The van der Waals surface area contributed by atoms with Gasteiger partial charge >= 0.3 is 0 Å². The lowest BCUT2D eigenvalue weighted by Crippen LogP contribution is -2.31. The van der Waals surface area contributed by atoms with Gasteiger partial charge in [-0.1, -0.05) is 32.4 Å². The normalized spacial score (nSPS) is 25.0. The van der Waals surface area contributed by atoms with Gasteiger partial charge in [-0.2, -0.15) is 5.26 Å². The Morgan fingerprint density at radius 3 is 2.73 bits per heavy atom. The number of nitriles is 1. The zero-order chi connectivity index (χ0) is 16.3. The summed E-state index contributed by atoms with van der Waals surface area (Å²) in [5.74, 6) is 0.907. The van der Waals surface area contributed by atoms with Crippen LogP contribution in [0.25, 0.3) is 0 Å². The van der Waals surface area contributed by atoms with Crippen molar-refractivity contribution in [3.05, 3.63) is 28.8 Å². The molecule has 3 nitrogen and oxygen atoms in total. The highest BCUT2D eigenvalue weighted by Crippen LogP contribution is 2.40. The summed E-state index contributed by atoms with van der Waals surface area (Å²) in [4.78, 5) is 0. The van der Waals surface area contributed by atoms with Crippen molar-refractivity contribution in [2.24, 2.45) is 11.3 Å². The van der Waals surface area contributed by atoms with Crippen LogP contribution < -0.4 is 10.1 Å². The number of nitrogens with zero attached hydrogens (tertiary/aromatic N) is 1. The van der Waals surface area contributed by atoms with E-state index >= 15 is 0 Å². The lowest BCUT2D eigenvalue weighted by molar-refractivity contribution is 0.302. The number of rotatable bonds is 4. The van der Waals surface area contributed by atoms with Gasteiger partial charge in [-0.25, -0.2) is 0 Å². The summed E-state index contributed by atoms with van der Waals surface area (Å²) in [6.45, 7) is 10.00. The smallest absolute Gasteiger partial charge is 0.122 e. The predicted molar refractivity (Wildman–Crippen MR) is 90.3 cm³/mol. The summed E-state index contributed by atoms with van der Waals surface area (Å²) >= 11 is 6.17. The molecular formula is C18H25ClN2O. The highest BCUT2D eigenvalue weighted by atomic mass is 35.5. The van der Waals surface area contributed by atoms with Crippen LogP contribution in [0.1, 0.15) is 45.6 Å². The SMILES string of the molecule is CCOc1ccc(Cl)cc1C1CNC(CC(C)(C)C)C1C#N. The van der Waals surface area contributed by atoms with Gasteiger partial charge < -0.3 is 10.1 Å². The molecule has 1 aromatic carbocycles. The third-order valence-electron chi connectivity index (χ3n) is 4.12. The van der Waals surface area contributed by atoms with E-state index in [0.29, 0.717) is 11.6 Å². The first-order chi connectivity index (χ1) is 10.4. The van der Waals surface area contributed by atoms with Gasteiger partial charge in [0.1, 0.15) is 5.75 Å². The molecule has 0 amide bonds. The maximum Gasteiger partial charge on any atom is 0.122 e. The summed E-state index contributed by atoms with van der Waals surface area (Å²) in [7, 11) is 0. The molecule has 1 saturated heterocycles. The van der Waals surface area contributed by atoms with Crippen LogP contribution in [0.2, 0.25) is 5.02 Å². The van der Waals surface area contributed by atoms with Crippen LogP contribution in [0.15, 0.2) is 18.2 Å². The van der Waals surface area contributed by atoms with Crippen molar-refractivity contribution in [1.29, 1.82) is 5.26 Å². The standard InChI is InChI=1S/C18H25ClN2O/c1-5-22-17-7-6-12(19)8-13(17)15-11-21-16(14(15)10-20)9-18(2,3)4/h6-8,14-16,21H,5,9,11H2,1-4H3. The van der Waals surface area contributed by atoms with Crippen molar-refractivity contribution in [2.45, 2.75) is 46.1 Å². The van der Waals surface area contributed by atoms with Gasteiger partial charge in [0, 0.05) is 29.1 Å². The van der Waals surface area contributed by atoms with Crippen LogP contribution in [-0.4, -0.2) is 19.2 Å². The van der Waals surface area contributed by atoms with Crippen molar-refractivity contribution in [3.8, 4) is 11.8 Å². The summed E-state index contributed by atoms with van der Waals surface area (Å²) in [5, 5.41) is 13.9. The van der Waals surface area contributed by atoms with Crippen LogP contribution in [0.4, 0.5) is 0 Å². The van der Waals surface area contributed by atoms with Crippen LogP contribution in [0, 0.1) is 22.7 Å². The van der Waals surface area contributed by atoms with E-state index in [1.54, 1.807) is 0 Å². The van der Waals surface area contributed by atoms with Crippen molar-refractivity contribution in [3.63, 3.8) is 0 Å². The Labute approximate surface area is 138 Å². The lowest BCUT2D eigenvalue weighted by atomic mass is 9.79. The topological polar surface area (TPSA) is 45.0 Å². The van der Waals surface area contributed by atoms with E-state index in [1.165, 1.54) is 0 Å². The second-order valence-electron chi connectivity index (χ2n) is 7.16. The van der Waals surface area contributed by atoms with Crippen molar-refractivity contribution in [2.75, 3.05) is 13.2 Å². The summed E-state index contributed by atoms with van der Waals surface area (Å²) < 4.78 is 5.74. The molecule has 1 N–H and O–H groups in total. The number of hydrogen-bond acceptors (Lipinski definition) is 3. The number of hydrogen-bond donors (Lipinski definition) is 1. The maximum absolute atomic E-state index is 9.69. The summed E-state index contributed by atoms with van der Waals surface area (Å²) in [5.41, 5.74) is 1.24. The number of nitrogens with one attached hydrogen (secondary N) is 1. The molecule has 3 unspecified atom stereocenters. The number of halogens is 1. The Hall–Kier alpha value is -1.24. The van der Waals surface area contributed by atoms with Gasteiger partial charge in [0.25, 0.3) is 0 Å². The third-order valence-corrected chi connectivity index (χ3v) is 4.35. The molecule has 4 heteroatoms. The first-order valence-electron chi connectivity index (χ1n) is 7.91. The average molecular weight is 321 g/mol. The first kappa shape index (κ1) is 17.1. The molecule has 0 aliphatic carbocycles. The molecule has 1 fully saturated rings. The predicted octanol–water partition coefficient (Wildman–Crippen LogP) is 4.37. The monoisotopic (exact) mass is 320 g/mol. The van der Waals surface area contributed by atoms with Gasteiger partial charge in [0.2, 0.25) is 0 Å². The van der Waals surface area contributed by atoms with Gasteiger partial charge in [0.15, 0.2) is 0 Å². The van der Waals surface area contributed by atoms with E-state index in [-0.39, 0.29) is 23.3 Å². The fourth-order valence-electron chi connectivity index (χ4n) is 3.25. The first-order valence-corrected chi connectivity index (χ1v) is 8.28. The molecule has 120 valence electrons. The molecule has 1 aliphatic heterocycles. The Morgan fingerprint density at radius 2 is 2.14 bits per heavy atom. The summed E-state index contributed by atoms with van der Waals surface area (Å²) in [6.07, 6.45) is 0.978. The molecule has 0 bridgehead atoms. The molecule has 2 rings (SSSR count). The van der Waals surface area contributed by atoms with E-state index in [2.05, 4.69) is 32.2 Å². The molecular weight excluding hydrogens is 296 g/mol. The van der Waals surface area contributed by atoms with Gasteiger partial charge in [0.05, 0.1) is 18.6 Å². The van der Waals surface area contributed by atoms with Crippen molar-refractivity contribution < 1.29 is 4.74 Å². The summed E-state index contributed by atoms with van der Waals surface area (Å²) in [6, 6.07) is 8.42. The second-order valence-corrected chi connectivity index (χ2v) is 7.59. The van der Waals surface area contributed by atoms with E-state index in [0.717, 1.165) is 24.3 Å². The molecule has 1 aliphatic rings. The minimum Gasteiger partial charge on any atom is -0.494 e. The van der Waals surface area contributed by atoms with E-state index in [9.17, 15) is 5.26 Å².